The van der Waals surface area contributed by atoms with Gasteiger partial charge in [-0.2, -0.15) is 0 Å². The van der Waals surface area contributed by atoms with Crippen molar-refractivity contribution >= 4 is 9.58 Å². The van der Waals surface area contributed by atoms with Crippen LogP contribution in [0.3, 0.4) is 0 Å². The summed E-state index contributed by atoms with van der Waals surface area (Å²) in [5, 5.41) is 0. The van der Waals surface area contributed by atoms with Gasteiger partial charge in [0.1, 0.15) is 0 Å². The van der Waals surface area contributed by atoms with E-state index in [0.29, 0.717) is 0 Å². The van der Waals surface area contributed by atoms with Gasteiger partial charge in [0.05, 0.1) is 0 Å². The van der Waals surface area contributed by atoms with E-state index in [2.05, 4.69) is 58.2 Å². The Morgan fingerprint density at radius 1 is 0.389 bits per heavy atom. The molecule has 0 nitrogen and oxygen atoms in total. The van der Waals surface area contributed by atoms with Crippen LogP contribution in [0.25, 0.3) is 0 Å². The monoisotopic (exact) mass is 444 g/mol. The topological polar surface area (TPSA) is 0 Å². The standard InChI is InChI=1S/2C8H12.ClH.Ir/c2*1-2-4-6-8-7-5-3-1;;/h2*1-2,7-8H,3-6H2;1H;/q;;;+1/p-1. The zero-order chi connectivity index (χ0) is 13.3. The molecule has 18 heavy (non-hydrogen) atoms. The number of hydrogen-bond donors (Lipinski definition) is 0. The molecule has 0 aliphatic heterocycles. The van der Waals surface area contributed by atoms with E-state index in [9.17, 15) is 0 Å². The summed E-state index contributed by atoms with van der Waals surface area (Å²) < 4.78 is 0. The van der Waals surface area contributed by atoms with Gasteiger partial charge in [-0.3, -0.25) is 0 Å². The van der Waals surface area contributed by atoms with Crippen LogP contribution in [0.4, 0.5) is 0 Å². The molecule has 0 atom stereocenters. The molecule has 104 valence electrons. The van der Waals surface area contributed by atoms with E-state index in [0.717, 1.165) is 0 Å². The molecule has 2 aliphatic rings. The Morgan fingerprint density at radius 3 is 0.611 bits per heavy atom. The fourth-order valence-corrected chi connectivity index (χ4v) is 1.71. The Kier molecular flexibility index (Phi) is 16.8. The van der Waals surface area contributed by atoms with Gasteiger partial charge in [-0.1, -0.05) is 48.6 Å². The van der Waals surface area contributed by atoms with E-state index < -0.39 is 0 Å². The zero-order valence-corrected chi connectivity index (χ0v) is 14.1. The summed E-state index contributed by atoms with van der Waals surface area (Å²) in [4.78, 5) is 0. The maximum absolute atomic E-state index is 4.64. The molecule has 0 aromatic carbocycles. The summed E-state index contributed by atoms with van der Waals surface area (Å²) in [6, 6.07) is 0. The van der Waals surface area contributed by atoms with Gasteiger partial charge >= 0.3 is 27.5 Å². The molecule has 2 heteroatoms. The third-order valence-corrected chi connectivity index (χ3v) is 2.67. The number of allylic oxidation sites excluding steroid dienone is 8. The Bertz CT molecular complexity index is 184. The van der Waals surface area contributed by atoms with Crippen LogP contribution in [-0.2, 0) is 17.9 Å². The van der Waals surface area contributed by atoms with Crippen molar-refractivity contribution in [2.75, 3.05) is 0 Å². The minimum absolute atomic E-state index is 1.23. The normalized spacial score (nSPS) is 18.2. The van der Waals surface area contributed by atoms with E-state index >= 15 is 0 Å². The van der Waals surface area contributed by atoms with Crippen molar-refractivity contribution < 1.29 is 17.9 Å². The van der Waals surface area contributed by atoms with Crippen LogP contribution in [0, 0.1) is 0 Å². The van der Waals surface area contributed by atoms with Crippen LogP contribution >= 0.6 is 9.58 Å². The quantitative estimate of drug-likeness (QED) is 0.401. The predicted octanol–water partition coefficient (Wildman–Crippen LogP) is 6.03. The summed E-state index contributed by atoms with van der Waals surface area (Å²) in [7, 11) is 4.64. The van der Waals surface area contributed by atoms with E-state index in [1.807, 2.05) is 0 Å². The SMILES string of the molecule is C1=CCCC=CCC1.C1=CCCC=CCC1.[Cl][Ir]. The number of rotatable bonds is 0. The third kappa shape index (κ3) is 14.0. The summed E-state index contributed by atoms with van der Waals surface area (Å²) in [6.07, 6.45) is 28.0. The molecular weight excluding hydrogens is 420 g/mol. The average Bonchev–Trinajstić information content (AvgIpc) is 2.30. The molecule has 0 spiro atoms. The van der Waals surface area contributed by atoms with Gasteiger partial charge in [-0.05, 0) is 51.4 Å². The van der Waals surface area contributed by atoms with E-state index in [1.165, 1.54) is 69.3 Å². The number of halogens is 1. The summed E-state index contributed by atoms with van der Waals surface area (Å²) >= 11 is 1.47. The first-order chi connectivity index (χ1) is 9.00. The molecule has 2 aliphatic carbocycles. The van der Waals surface area contributed by atoms with Gasteiger partial charge in [0.2, 0.25) is 0 Å². The van der Waals surface area contributed by atoms with E-state index in [1.54, 1.807) is 0 Å². The molecule has 0 saturated carbocycles. The van der Waals surface area contributed by atoms with Gasteiger partial charge in [-0.15, -0.1) is 0 Å². The molecule has 0 N–H and O–H groups in total. The van der Waals surface area contributed by atoms with Crippen molar-refractivity contribution in [1.82, 2.24) is 0 Å². The minimum atomic E-state index is 1.23. The molecule has 2 rings (SSSR count). The van der Waals surface area contributed by atoms with Crippen molar-refractivity contribution in [1.29, 1.82) is 0 Å². The molecule has 0 aromatic heterocycles. The summed E-state index contributed by atoms with van der Waals surface area (Å²) in [5.41, 5.74) is 0. The van der Waals surface area contributed by atoms with Crippen LogP contribution in [0.1, 0.15) is 51.4 Å². The molecule has 0 heterocycles. The van der Waals surface area contributed by atoms with Crippen LogP contribution < -0.4 is 0 Å². The first-order valence-electron chi connectivity index (χ1n) is 6.73. The Morgan fingerprint density at radius 2 is 0.500 bits per heavy atom. The molecule has 0 amide bonds. The van der Waals surface area contributed by atoms with Gasteiger partial charge in [0, 0.05) is 0 Å². The van der Waals surface area contributed by atoms with Gasteiger partial charge in [0.25, 0.3) is 0 Å². The van der Waals surface area contributed by atoms with Crippen LogP contribution in [0.5, 0.6) is 0 Å². The van der Waals surface area contributed by atoms with Crippen LogP contribution in [0.15, 0.2) is 48.6 Å². The Balaban J connectivity index is 0.000000283. The first kappa shape index (κ1) is 17.9. The molecule has 0 unspecified atom stereocenters. The van der Waals surface area contributed by atoms with Gasteiger partial charge in [0.15, 0.2) is 0 Å². The van der Waals surface area contributed by atoms with Crippen LogP contribution in [0.2, 0.25) is 0 Å². The van der Waals surface area contributed by atoms with E-state index in [-0.39, 0.29) is 0 Å². The predicted molar refractivity (Wildman–Crippen MR) is 79.3 cm³/mol. The summed E-state index contributed by atoms with van der Waals surface area (Å²) in [5.74, 6) is 0. The molecule has 0 radical (unpaired) electrons. The molecule has 0 saturated heterocycles. The zero-order valence-electron chi connectivity index (χ0n) is 11.0. The molecule has 0 aromatic rings. The first-order valence-corrected chi connectivity index (χ1v) is 9.69. The molecule has 0 bridgehead atoms. The van der Waals surface area contributed by atoms with Crippen LogP contribution in [-0.4, -0.2) is 0 Å². The van der Waals surface area contributed by atoms with E-state index in [4.69, 9.17) is 0 Å². The average molecular weight is 444 g/mol. The maximum atomic E-state index is 4.64. The second-order valence-electron chi connectivity index (χ2n) is 4.20. The fraction of sp³-hybridized carbons (Fsp3) is 0.500. The van der Waals surface area contributed by atoms with Crippen molar-refractivity contribution in [3.05, 3.63) is 48.6 Å². The van der Waals surface area contributed by atoms with Gasteiger partial charge < -0.3 is 0 Å². The molecule has 0 fully saturated rings. The second-order valence-corrected chi connectivity index (χ2v) is 4.20. The Hall–Kier alpha value is -0.101. The van der Waals surface area contributed by atoms with Gasteiger partial charge in [-0.25, -0.2) is 0 Å². The second kappa shape index (κ2) is 16.9. The van der Waals surface area contributed by atoms with Crippen molar-refractivity contribution in [3.63, 3.8) is 0 Å². The van der Waals surface area contributed by atoms with Crippen molar-refractivity contribution in [3.8, 4) is 0 Å². The Labute approximate surface area is 127 Å². The van der Waals surface area contributed by atoms with Crippen molar-refractivity contribution in [2.45, 2.75) is 51.4 Å². The summed E-state index contributed by atoms with van der Waals surface area (Å²) in [6.45, 7) is 0. The van der Waals surface area contributed by atoms with Crippen molar-refractivity contribution in [2.24, 2.45) is 0 Å². The molecular formula is C16H24ClIr. The third-order valence-electron chi connectivity index (χ3n) is 2.67. The fourth-order valence-electron chi connectivity index (χ4n) is 1.71. The number of hydrogen-bond acceptors (Lipinski definition) is 0.